The zero-order chi connectivity index (χ0) is 14.4. The molecule has 0 amide bonds. The number of nitrogens with one attached hydrogen (secondary N) is 2. The largest absolute Gasteiger partial charge is 0.316 e. The highest BCUT2D eigenvalue weighted by molar-refractivity contribution is 7.91. The van der Waals surface area contributed by atoms with Gasteiger partial charge in [0.05, 0.1) is 0 Å². The van der Waals surface area contributed by atoms with Crippen molar-refractivity contribution in [3.63, 3.8) is 0 Å². The summed E-state index contributed by atoms with van der Waals surface area (Å²) in [6.07, 6.45) is 2.28. The standard InChI is InChI=1S/C13H17N3O2S2/c1-14-9-11-8-13(19-10-11)20(17,18)16-7-5-12-4-2-3-6-15-12/h2-4,6,8,10,14,16H,5,7,9H2,1H3. The van der Waals surface area contributed by atoms with Crippen LogP contribution in [0.25, 0.3) is 0 Å². The van der Waals surface area contributed by atoms with Gasteiger partial charge < -0.3 is 5.32 Å². The van der Waals surface area contributed by atoms with Gasteiger partial charge in [-0.05, 0) is 36.2 Å². The number of hydrogen-bond acceptors (Lipinski definition) is 5. The molecular formula is C13H17N3O2S2. The van der Waals surface area contributed by atoms with Gasteiger partial charge in [0.2, 0.25) is 10.0 Å². The van der Waals surface area contributed by atoms with Crippen LogP contribution in [0.2, 0.25) is 0 Å². The van der Waals surface area contributed by atoms with Gasteiger partial charge in [-0.1, -0.05) is 6.07 Å². The van der Waals surface area contributed by atoms with Gasteiger partial charge in [-0.25, -0.2) is 13.1 Å². The maximum Gasteiger partial charge on any atom is 0.250 e. The first kappa shape index (κ1) is 15.1. The summed E-state index contributed by atoms with van der Waals surface area (Å²) in [5, 5.41) is 4.85. The molecule has 0 aromatic carbocycles. The van der Waals surface area contributed by atoms with E-state index in [9.17, 15) is 8.42 Å². The fourth-order valence-corrected chi connectivity index (χ4v) is 4.01. The lowest BCUT2D eigenvalue weighted by Crippen LogP contribution is -2.25. The van der Waals surface area contributed by atoms with Crippen LogP contribution in [0.3, 0.4) is 0 Å². The summed E-state index contributed by atoms with van der Waals surface area (Å²) in [6, 6.07) is 7.30. The monoisotopic (exact) mass is 311 g/mol. The molecule has 0 saturated heterocycles. The second-order valence-corrected chi connectivity index (χ2v) is 7.18. The molecule has 0 aliphatic heterocycles. The molecule has 0 unspecified atom stereocenters. The number of hydrogen-bond donors (Lipinski definition) is 2. The Balaban J connectivity index is 1.93. The third kappa shape index (κ3) is 4.11. The minimum atomic E-state index is -3.41. The van der Waals surface area contributed by atoms with E-state index in [4.69, 9.17) is 0 Å². The maximum atomic E-state index is 12.1. The molecule has 0 atom stereocenters. The Kier molecular flexibility index (Phi) is 5.24. The number of sulfonamides is 1. The Morgan fingerprint density at radius 2 is 2.20 bits per heavy atom. The van der Waals surface area contributed by atoms with Gasteiger partial charge in [0.15, 0.2) is 0 Å². The first-order valence-electron chi connectivity index (χ1n) is 6.23. The molecule has 108 valence electrons. The Morgan fingerprint density at radius 3 is 2.90 bits per heavy atom. The number of nitrogens with zero attached hydrogens (tertiary/aromatic N) is 1. The summed E-state index contributed by atoms with van der Waals surface area (Å²) in [6.45, 7) is 1.01. The van der Waals surface area contributed by atoms with Crippen molar-refractivity contribution in [1.82, 2.24) is 15.0 Å². The number of pyridine rings is 1. The summed E-state index contributed by atoms with van der Waals surface area (Å²) < 4.78 is 27.1. The fourth-order valence-electron chi connectivity index (χ4n) is 1.72. The topological polar surface area (TPSA) is 71.1 Å². The van der Waals surface area contributed by atoms with Crippen LogP contribution < -0.4 is 10.0 Å². The zero-order valence-corrected chi connectivity index (χ0v) is 12.8. The van der Waals surface area contributed by atoms with Gasteiger partial charge in [-0.15, -0.1) is 11.3 Å². The van der Waals surface area contributed by atoms with Crippen LogP contribution in [-0.2, 0) is 23.0 Å². The van der Waals surface area contributed by atoms with E-state index in [1.165, 1.54) is 11.3 Å². The summed E-state index contributed by atoms with van der Waals surface area (Å²) in [4.78, 5) is 4.16. The fraction of sp³-hybridized carbons (Fsp3) is 0.308. The Labute approximate surface area is 123 Å². The normalized spacial score (nSPS) is 11.7. The summed E-state index contributed by atoms with van der Waals surface area (Å²) >= 11 is 1.24. The third-order valence-corrected chi connectivity index (χ3v) is 5.62. The Hall–Kier alpha value is -1.28. The number of rotatable bonds is 7. The minimum absolute atomic E-state index is 0.346. The van der Waals surface area contributed by atoms with E-state index < -0.39 is 10.0 Å². The number of aromatic nitrogens is 1. The zero-order valence-electron chi connectivity index (χ0n) is 11.2. The molecule has 0 aliphatic carbocycles. The van der Waals surface area contributed by atoms with E-state index in [1.807, 2.05) is 30.6 Å². The molecule has 2 N–H and O–H groups in total. The Bertz CT molecular complexity index is 639. The quantitative estimate of drug-likeness (QED) is 0.810. The molecule has 20 heavy (non-hydrogen) atoms. The van der Waals surface area contributed by atoms with E-state index in [2.05, 4.69) is 15.0 Å². The van der Waals surface area contributed by atoms with E-state index in [0.717, 1.165) is 11.3 Å². The van der Waals surface area contributed by atoms with Crippen molar-refractivity contribution in [2.75, 3.05) is 13.6 Å². The molecule has 7 heteroatoms. The van der Waals surface area contributed by atoms with E-state index in [0.29, 0.717) is 23.7 Å². The molecule has 2 rings (SSSR count). The average molecular weight is 311 g/mol. The van der Waals surface area contributed by atoms with Gasteiger partial charge in [0, 0.05) is 31.4 Å². The van der Waals surface area contributed by atoms with Crippen molar-refractivity contribution in [3.8, 4) is 0 Å². The van der Waals surface area contributed by atoms with Crippen molar-refractivity contribution in [2.45, 2.75) is 17.2 Å². The molecule has 5 nitrogen and oxygen atoms in total. The molecule has 0 bridgehead atoms. The van der Waals surface area contributed by atoms with Gasteiger partial charge in [-0.3, -0.25) is 4.98 Å². The van der Waals surface area contributed by atoms with Crippen molar-refractivity contribution in [1.29, 1.82) is 0 Å². The first-order valence-corrected chi connectivity index (χ1v) is 8.59. The van der Waals surface area contributed by atoms with Crippen molar-refractivity contribution >= 4 is 21.4 Å². The average Bonchev–Trinajstić information content (AvgIpc) is 2.90. The van der Waals surface area contributed by atoms with Gasteiger partial charge in [0.1, 0.15) is 4.21 Å². The van der Waals surface area contributed by atoms with Crippen molar-refractivity contribution < 1.29 is 8.42 Å². The lowest BCUT2D eigenvalue weighted by Gasteiger charge is -2.04. The van der Waals surface area contributed by atoms with Crippen LogP contribution in [-0.4, -0.2) is 27.0 Å². The van der Waals surface area contributed by atoms with Gasteiger partial charge >= 0.3 is 0 Å². The van der Waals surface area contributed by atoms with Crippen molar-refractivity contribution in [3.05, 3.63) is 47.1 Å². The van der Waals surface area contributed by atoms with Crippen LogP contribution in [0.1, 0.15) is 11.3 Å². The maximum absolute atomic E-state index is 12.1. The molecule has 0 spiro atoms. The van der Waals surface area contributed by atoms with E-state index in [-0.39, 0.29) is 0 Å². The highest BCUT2D eigenvalue weighted by atomic mass is 32.2. The van der Waals surface area contributed by atoms with Gasteiger partial charge in [-0.2, -0.15) is 0 Å². The molecule has 2 aromatic heterocycles. The molecule has 2 aromatic rings. The number of thiophene rings is 1. The molecule has 2 heterocycles. The molecule has 0 aliphatic rings. The highest BCUT2D eigenvalue weighted by Crippen LogP contribution is 2.19. The summed E-state index contributed by atoms with van der Waals surface area (Å²) in [7, 11) is -1.58. The van der Waals surface area contributed by atoms with Crippen LogP contribution in [0.15, 0.2) is 40.1 Å². The summed E-state index contributed by atoms with van der Waals surface area (Å²) in [5.74, 6) is 0. The lowest BCUT2D eigenvalue weighted by molar-refractivity contribution is 0.583. The first-order chi connectivity index (χ1) is 9.62. The Morgan fingerprint density at radius 1 is 1.35 bits per heavy atom. The smallest absolute Gasteiger partial charge is 0.250 e. The molecule has 0 radical (unpaired) electrons. The van der Waals surface area contributed by atoms with E-state index in [1.54, 1.807) is 12.3 Å². The van der Waals surface area contributed by atoms with Gasteiger partial charge in [0.25, 0.3) is 0 Å². The SMILES string of the molecule is CNCc1csc(S(=O)(=O)NCCc2ccccn2)c1. The van der Waals surface area contributed by atoms with Crippen LogP contribution in [0.4, 0.5) is 0 Å². The van der Waals surface area contributed by atoms with E-state index >= 15 is 0 Å². The predicted molar refractivity (Wildman–Crippen MR) is 80.2 cm³/mol. The third-order valence-electron chi connectivity index (χ3n) is 2.67. The van der Waals surface area contributed by atoms with Crippen LogP contribution >= 0.6 is 11.3 Å². The van der Waals surface area contributed by atoms with Crippen LogP contribution in [0.5, 0.6) is 0 Å². The second kappa shape index (κ2) is 6.94. The molecular weight excluding hydrogens is 294 g/mol. The van der Waals surface area contributed by atoms with Crippen LogP contribution in [0, 0.1) is 0 Å². The molecule has 0 fully saturated rings. The predicted octanol–water partition coefficient (Wildman–Crippen LogP) is 1.38. The summed E-state index contributed by atoms with van der Waals surface area (Å²) in [5.41, 5.74) is 1.85. The second-order valence-electron chi connectivity index (χ2n) is 4.27. The lowest BCUT2D eigenvalue weighted by atomic mass is 10.3. The minimum Gasteiger partial charge on any atom is -0.316 e. The highest BCUT2D eigenvalue weighted by Gasteiger charge is 2.16. The van der Waals surface area contributed by atoms with Crippen molar-refractivity contribution in [2.24, 2.45) is 0 Å². The molecule has 0 saturated carbocycles.